The Kier molecular flexibility index (Phi) is 3.61. The molecule has 86 valence electrons. The van der Waals surface area contributed by atoms with Gasteiger partial charge < -0.3 is 5.32 Å². The van der Waals surface area contributed by atoms with Crippen molar-refractivity contribution in [3.8, 4) is 0 Å². The van der Waals surface area contributed by atoms with Crippen molar-refractivity contribution in [3.05, 3.63) is 58.3 Å². The standard InChI is InChI=1S/C12H8Cl2N2O/c13-10-4-2-1-3-9(10)12(17)16-8-5-6-11(14)15-7-8/h1-7H,(H,16,17). The summed E-state index contributed by atoms with van der Waals surface area (Å²) in [6.45, 7) is 0. The van der Waals surface area contributed by atoms with Crippen LogP contribution in [0.1, 0.15) is 10.4 Å². The number of benzene rings is 1. The van der Waals surface area contributed by atoms with Crippen LogP contribution in [0.4, 0.5) is 5.69 Å². The van der Waals surface area contributed by atoms with Crippen LogP contribution in [0.25, 0.3) is 0 Å². The SMILES string of the molecule is O=C(Nc1ccc(Cl)nc1)c1ccccc1Cl. The number of carbonyl (C=O) groups is 1. The van der Waals surface area contributed by atoms with Crippen LogP contribution in [0.2, 0.25) is 10.2 Å². The number of nitrogens with one attached hydrogen (secondary N) is 1. The fourth-order valence-electron chi connectivity index (χ4n) is 1.29. The van der Waals surface area contributed by atoms with E-state index in [0.29, 0.717) is 21.4 Å². The molecule has 1 heterocycles. The van der Waals surface area contributed by atoms with Crippen molar-refractivity contribution < 1.29 is 4.79 Å². The molecule has 2 rings (SSSR count). The van der Waals surface area contributed by atoms with Crippen molar-refractivity contribution >= 4 is 34.8 Å². The highest BCUT2D eigenvalue weighted by atomic mass is 35.5. The number of hydrogen-bond donors (Lipinski definition) is 1. The van der Waals surface area contributed by atoms with E-state index in [9.17, 15) is 4.79 Å². The predicted molar refractivity (Wildman–Crippen MR) is 68.7 cm³/mol. The molecular formula is C12H8Cl2N2O. The molecule has 1 amide bonds. The van der Waals surface area contributed by atoms with E-state index in [-0.39, 0.29) is 5.91 Å². The second-order valence-electron chi connectivity index (χ2n) is 3.30. The van der Waals surface area contributed by atoms with Gasteiger partial charge in [0.15, 0.2) is 0 Å². The Labute approximate surface area is 108 Å². The molecule has 1 aromatic carbocycles. The smallest absolute Gasteiger partial charge is 0.257 e. The highest BCUT2D eigenvalue weighted by Crippen LogP contribution is 2.17. The van der Waals surface area contributed by atoms with Gasteiger partial charge in [-0.05, 0) is 24.3 Å². The molecule has 0 bridgehead atoms. The molecule has 3 nitrogen and oxygen atoms in total. The van der Waals surface area contributed by atoms with E-state index in [1.165, 1.54) is 6.20 Å². The van der Waals surface area contributed by atoms with Crippen LogP contribution in [-0.4, -0.2) is 10.9 Å². The number of aromatic nitrogens is 1. The van der Waals surface area contributed by atoms with Gasteiger partial charge in [-0.25, -0.2) is 4.98 Å². The van der Waals surface area contributed by atoms with E-state index < -0.39 is 0 Å². The summed E-state index contributed by atoms with van der Waals surface area (Å²) in [5, 5.41) is 3.47. The first-order valence-corrected chi connectivity index (χ1v) is 5.60. The van der Waals surface area contributed by atoms with Crippen LogP contribution in [0.5, 0.6) is 0 Å². The van der Waals surface area contributed by atoms with Gasteiger partial charge in [0, 0.05) is 0 Å². The molecule has 0 radical (unpaired) electrons. The summed E-state index contributed by atoms with van der Waals surface area (Å²) in [6.07, 6.45) is 1.48. The van der Waals surface area contributed by atoms with E-state index in [2.05, 4.69) is 10.3 Å². The number of amides is 1. The maximum absolute atomic E-state index is 11.9. The van der Waals surface area contributed by atoms with Crippen LogP contribution in [0.3, 0.4) is 0 Å². The van der Waals surface area contributed by atoms with Crippen molar-refractivity contribution in [1.82, 2.24) is 4.98 Å². The van der Waals surface area contributed by atoms with Gasteiger partial charge in [0.1, 0.15) is 5.15 Å². The average molecular weight is 267 g/mol. The van der Waals surface area contributed by atoms with Crippen LogP contribution >= 0.6 is 23.2 Å². The fourth-order valence-corrected chi connectivity index (χ4v) is 1.63. The van der Waals surface area contributed by atoms with Crippen LogP contribution in [0.15, 0.2) is 42.6 Å². The molecule has 0 saturated heterocycles. The molecule has 0 atom stereocenters. The van der Waals surface area contributed by atoms with Crippen LogP contribution in [-0.2, 0) is 0 Å². The summed E-state index contributed by atoms with van der Waals surface area (Å²) in [7, 11) is 0. The monoisotopic (exact) mass is 266 g/mol. The lowest BCUT2D eigenvalue weighted by Crippen LogP contribution is -2.12. The molecule has 0 saturated carbocycles. The van der Waals surface area contributed by atoms with Gasteiger partial charge in [0.25, 0.3) is 5.91 Å². The molecule has 17 heavy (non-hydrogen) atoms. The Morgan fingerprint density at radius 1 is 1.12 bits per heavy atom. The first kappa shape index (κ1) is 11.9. The number of hydrogen-bond acceptors (Lipinski definition) is 2. The van der Waals surface area contributed by atoms with E-state index in [1.54, 1.807) is 36.4 Å². The summed E-state index contributed by atoms with van der Waals surface area (Å²) in [5.41, 5.74) is 0.989. The third-order valence-electron chi connectivity index (χ3n) is 2.10. The van der Waals surface area contributed by atoms with Gasteiger partial charge in [-0.3, -0.25) is 4.79 Å². The molecule has 1 aromatic heterocycles. The molecule has 0 aliphatic heterocycles. The van der Waals surface area contributed by atoms with Gasteiger partial charge in [0.05, 0.1) is 22.5 Å². The van der Waals surface area contributed by atoms with Gasteiger partial charge >= 0.3 is 0 Å². The van der Waals surface area contributed by atoms with Crippen LogP contribution < -0.4 is 5.32 Å². The minimum Gasteiger partial charge on any atom is -0.321 e. The summed E-state index contributed by atoms with van der Waals surface area (Å²) in [5.74, 6) is -0.278. The molecule has 0 aliphatic carbocycles. The fraction of sp³-hybridized carbons (Fsp3) is 0. The summed E-state index contributed by atoms with van der Waals surface area (Å²) >= 11 is 11.6. The third-order valence-corrected chi connectivity index (χ3v) is 2.66. The molecule has 0 fully saturated rings. The summed E-state index contributed by atoms with van der Waals surface area (Å²) in [4.78, 5) is 15.7. The molecule has 5 heteroatoms. The zero-order valence-electron chi connectivity index (χ0n) is 8.65. The molecule has 2 aromatic rings. The topological polar surface area (TPSA) is 42.0 Å². The Morgan fingerprint density at radius 2 is 1.88 bits per heavy atom. The zero-order valence-corrected chi connectivity index (χ0v) is 10.2. The second-order valence-corrected chi connectivity index (χ2v) is 4.10. The number of rotatable bonds is 2. The lowest BCUT2D eigenvalue weighted by molar-refractivity contribution is 0.102. The largest absolute Gasteiger partial charge is 0.321 e. The lowest BCUT2D eigenvalue weighted by Gasteiger charge is -2.05. The Bertz CT molecular complexity index is 540. The highest BCUT2D eigenvalue weighted by molar-refractivity contribution is 6.34. The van der Waals surface area contributed by atoms with Crippen molar-refractivity contribution in [3.63, 3.8) is 0 Å². The number of halogens is 2. The summed E-state index contributed by atoms with van der Waals surface area (Å²) in [6, 6.07) is 10.1. The number of anilines is 1. The molecule has 0 aliphatic rings. The van der Waals surface area contributed by atoms with Gasteiger partial charge in [0.2, 0.25) is 0 Å². The Balaban J connectivity index is 2.17. The lowest BCUT2D eigenvalue weighted by atomic mass is 10.2. The average Bonchev–Trinajstić information content (AvgIpc) is 2.32. The second kappa shape index (κ2) is 5.17. The first-order chi connectivity index (χ1) is 8.16. The van der Waals surface area contributed by atoms with E-state index in [1.807, 2.05) is 0 Å². The third kappa shape index (κ3) is 2.96. The van der Waals surface area contributed by atoms with Crippen molar-refractivity contribution in [2.24, 2.45) is 0 Å². The number of carbonyl (C=O) groups excluding carboxylic acids is 1. The molecule has 1 N–H and O–H groups in total. The first-order valence-electron chi connectivity index (χ1n) is 4.84. The maximum atomic E-state index is 11.9. The zero-order chi connectivity index (χ0) is 12.3. The maximum Gasteiger partial charge on any atom is 0.257 e. The van der Waals surface area contributed by atoms with Gasteiger partial charge in [-0.1, -0.05) is 35.3 Å². The van der Waals surface area contributed by atoms with E-state index in [0.717, 1.165) is 0 Å². The summed E-state index contributed by atoms with van der Waals surface area (Å²) < 4.78 is 0. The minimum absolute atomic E-state index is 0.278. The van der Waals surface area contributed by atoms with Crippen molar-refractivity contribution in [1.29, 1.82) is 0 Å². The Morgan fingerprint density at radius 3 is 2.53 bits per heavy atom. The van der Waals surface area contributed by atoms with Crippen molar-refractivity contribution in [2.75, 3.05) is 5.32 Å². The normalized spacial score (nSPS) is 10.0. The predicted octanol–water partition coefficient (Wildman–Crippen LogP) is 3.64. The highest BCUT2D eigenvalue weighted by Gasteiger charge is 2.09. The quantitative estimate of drug-likeness (QED) is 0.844. The number of nitrogens with zero attached hydrogens (tertiary/aromatic N) is 1. The number of pyridine rings is 1. The van der Waals surface area contributed by atoms with E-state index in [4.69, 9.17) is 23.2 Å². The Hall–Kier alpha value is -1.58. The molecule has 0 spiro atoms. The molecular weight excluding hydrogens is 259 g/mol. The van der Waals surface area contributed by atoms with Gasteiger partial charge in [-0.15, -0.1) is 0 Å². The van der Waals surface area contributed by atoms with Crippen LogP contribution in [0, 0.1) is 0 Å². The minimum atomic E-state index is -0.278. The molecule has 0 unspecified atom stereocenters. The van der Waals surface area contributed by atoms with E-state index >= 15 is 0 Å². The van der Waals surface area contributed by atoms with Gasteiger partial charge in [-0.2, -0.15) is 0 Å². The van der Waals surface area contributed by atoms with Crippen molar-refractivity contribution in [2.45, 2.75) is 0 Å².